The van der Waals surface area contributed by atoms with Gasteiger partial charge in [-0.3, -0.25) is 0 Å². The summed E-state index contributed by atoms with van der Waals surface area (Å²) in [7, 11) is 1.54. The molecule has 130 valence electrons. The van der Waals surface area contributed by atoms with Crippen LogP contribution in [0.15, 0.2) is 69.6 Å². The van der Waals surface area contributed by atoms with Crippen LogP contribution in [-0.4, -0.2) is 18.2 Å². The molecule has 0 fully saturated rings. The van der Waals surface area contributed by atoms with Crippen LogP contribution in [0.25, 0.3) is 22.5 Å². The van der Waals surface area contributed by atoms with Crippen molar-refractivity contribution in [1.82, 2.24) is 5.16 Å². The number of furan rings is 1. The number of methoxy groups -OCH3 is 1. The molecule has 0 saturated carbocycles. The first kappa shape index (κ1) is 16.0. The van der Waals surface area contributed by atoms with Gasteiger partial charge in [0.1, 0.15) is 23.6 Å². The molecule has 0 bridgehead atoms. The van der Waals surface area contributed by atoms with Crippen molar-refractivity contribution in [2.24, 2.45) is 0 Å². The molecule has 26 heavy (non-hydrogen) atoms. The summed E-state index contributed by atoms with van der Waals surface area (Å²) in [5.41, 5.74) is 1.67. The molecule has 0 aliphatic heterocycles. The summed E-state index contributed by atoms with van der Waals surface area (Å²) in [6, 6.07) is 18.0. The monoisotopic (exact) mass is 349 g/mol. The minimum Gasteiger partial charge on any atom is -0.497 e. The third kappa shape index (κ3) is 3.17. The van der Waals surface area contributed by atoms with Crippen LogP contribution < -0.4 is 4.74 Å². The van der Waals surface area contributed by atoms with Gasteiger partial charge in [-0.05, 0) is 30.3 Å². The maximum Gasteiger partial charge on any atom is 0.338 e. The minimum absolute atomic E-state index is 0.000227. The largest absolute Gasteiger partial charge is 0.497 e. The molecule has 6 nitrogen and oxygen atoms in total. The summed E-state index contributed by atoms with van der Waals surface area (Å²) in [5, 5.41) is 4.90. The first-order chi connectivity index (χ1) is 12.7. The fourth-order valence-corrected chi connectivity index (χ4v) is 2.57. The average Bonchev–Trinajstić information content (AvgIpc) is 3.32. The Morgan fingerprint density at radius 2 is 1.92 bits per heavy atom. The SMILES string of the molecule is COc1cccc(C(=O)OCc2cc(-c3cc4ccccc4o3)on2)c1. The highest BCUT2D eigenvalue weighted by Crippen LogP contribution is 2.28. The van der Waals surface area contributed by atoms with Crippen LogP contribution in [-0.2, 0) is 11.3 Å². The van der Waals surface area contributed by atoms with Gasteiger partial charge in [-0.15, -0.1) is 0 Å². The van der Waals surface area contributed by atoms with E-state index < -0.39 is 5.97 Å². The molecule has 0 saturated heterocycles. The molecule has 2 heterocycles. The van der Waals surface area contributed by atoms with E-state index in [1.54, 1.807) is 37.4 Å². The van der Waals surface area contributed by atoms with Crippen molar-refractivity contribution >= 4 is 16.9 Å². The Kier molecular flexibility index (Phi) is 4.15. The van der Waals surface area contributed by atoms with Crippen molar-refractivity contribution in [3.63, 3.8) is 0 Å². The maximum atomic E-state index is 12.1. The molecule has 4 aromatic rings. The molecule has 6 heteroatoms. The van der Waals surface area contributed by atoms with E-state index in [-0.39, 0.29) is 6.61 Å². The number of esters is 1. The summed E-state index contributed by atoms with van der Waals surface area (Å²) in [4.78, 5) is 12.1. The van der Waals surface area contributed by atoms with E-state index in [0.717, 1.165) is 11.0 Å². The zero-order valence-electron chi connectivity index (χ0n) is 14.0. The highest BCUT2D eigenvalue weighted by atomic mass is 16.5. The number of rotatable bonds is 5. The fourth-order valence-electron chi connectivity index (χ4n) is 2.57. The molecule has 0 atom stereocenters. The second-order valence-corrected chi connectivity index (χ2v) is 5.64. The second kappa shape index (κ2) is 6.76. The topological polar surface area (TPSA) is 74.7 Å². The summed E-state index contributed by atoms with van der Waals surface area (Å²) in [6.07, 6.45) is 0. The standard InChI is InChI=1S/C20H15NO5/c1-23-16-7-4-6-14(9-16)20(22)24-12-15-11-19(26-21-15)18-10-13-5-2-3-8-17(13)25-18/h2-11H,12H2,1H3. The van der Waals surface area contributed by atoms with Crippen molar-refractivity contribution in [1.29, 1.82) is 0 Å². The van der Waals surface area contributed by atoms with Crippen molar-refractivity contribution in [3.8, 4) is 17.3 Å². The van der Waals surface area contributed by atoms with E-state index in [4.69, 9.17) is 18.4 Å². The third-order valence-electron chi connectivity index (χ3n) is 3.88. The molecule has 4 rings (SSSR count). The van der Waals surface area contributed by atoms with Gasteiger partial charge in [0.05, 0.1) is 12.7 Å². The number of hydrogen-bond donors (Lipinski definition) is 0. The van der Waals surface area contributed by atoms with E-state index in [1.807, 2.05) is 30.3 Å². The predicted octanol–water partition coefficient (Wildman–Crippen LogP) is 4.45. The van der Waals surface area contributed by atoms with Crippen molar-refractivity contribution in [2.75, 3.05) is 7.11 Å². The zero-order chi connectivity index (χ0) is 17.9. The zero-order valence-corrected chi connectivity index (χ0v) is 14.0. The first-order valence-electron chi connectivity index (χ1n) is 7.98. The number of para-hydroxylation sites is 1. The van der Waals surface area contributed by atoms with Gasteiger partial charge in [0.2, 0.25) is 5.76 Å². The lowest BCUT2D eigenvalue weighted by Crippen LogP contribution is -2.05. The van der Waals surface area contributed by atoms with Gasteiger partial charge in [0, 0.05) is 11.5 Å². The quantitative estimate of drug-likeness (QED) is 0.495. The van der Waals surface area contributed by atoms with Crippen LogP contribution in [0.5, 0.6) is 5.75 Å². The smallest absolute Gasteiger partial charge is 0.338 e. The third-order valence-corrected chi connectivity index (χ3v) is 3.88. The number of nitrogens with zero attached hydrogens (tertiary/aromatic N) is 1. The van der Waals surface area contributed by atoms with E-state index in [2.05, 4.69) is 5.16 Å². The van der Waals surface area contributed by atoms with Crippen LogP contribution in [0.2, 0.25) is 0 Å². The molecular formula is C20H15NO5. The lowest BCUT2D eigenvalue weighted by atomic mass is 10.2. The summed E-state index contributed by atoms with van der Waals surface area (Å²) >= 11 is 0. The highest BCUT2D eigenvalue weighted by molar-refractivity contribution is 5.89. The van der Waals surface area contributed by atoms with Crippen molar-refractivity contribution < 1.29 is 23.2 Å². The Morgan fingerprint density at radius 3 is 2.77 bits per heavy atom. The Bertz CT molecular complexity index is 1030. The molecule has 2 aromatic heterocycles. The van der Waals surface area contributed by atoms with Crippen LogP contribution in [0, 0.1) is 0 Å². The molecule has 0 aliphatic rings. The minimum atomic E-state index is -0.461. The lowest BCUT2D eigenvalue weighted by Gasteiger charge is -2.04. The Balaban J connectivity index is 1.45. The number of hydrogen-bond acceptors (Lipinski definition) is 6. The Hall–Kier alpha value is -3.54. The predicted molar refractivity (Wildman–Crippen MR) is 93.8 cm³/mol. The lowest BCUT2D eigenvalue weighted by molar-refractivity contribution is 0.0464. The molecule has 0 unspecified atom stereocenters. The van der Waals surface area contributed by atoms with Crippen LogP contribution in [0.4, 0.5) is 0 Å². The summed E-state index contributed by atoms with van der Waals surface area (Å²) in [5.74, 6) is 1.18. The fraction of sp³-hybridized carbons (Fsp3) is 0.100. The van der Waals surface area contributed by atoms with Gasteiger partial charge in [-0.2, -0.15) is 0 Å². The molecule has 0 N–H and O–H groups in total. The number of fused-ring (bicyclic) bond motifs is 1. The molecule has 0 radical (unpaired) electrons. The van der Waals surface area contributed by atoms with Crippen LogP contribution in [0.3, 0.4) is 0 Å². The maximum absolute atomic E-state index is 12.1. The van der Waals surface area contributed by atoms with Crippen molar-refractivity contribution in [3.05, 3.63) is 71.9 Å². The summed E-state index contributed by atoms with van der Waals surface area (Å²) < 4.78 is 21.4. The summed E-state index contributed by atoms with van der Waals surface area (Å²) in [6.45, 7) is -0.000227. The van der Waals surface area contributed by atoms with Gasteiger partial charge in [-0.25, -0.2) is 4.79 Å². The Morgan fingerprint density at radius 1 is 1.04 bits per heavy atom. The van der Waals surface area contributed by atoms with Gasteiger partial charge in [0.15, 0.2) is 5.76 Å². The number of carbonyl (C=O) groups excluding carboxylic acids is 1. The van der Waals surface area contributed by atoms with E-state index >= 15 is 0 Å². The second-order valence-electron chi connectivity index (χ2n) is 5.64. The normalized spacial score (nSPS) is 10.8. The number of carbonyl (C=O) groups is 1. The van der Waals surface area contributed by atoms with Crippen LogP contribution >= 0.6 is 0 Å². The van der Waals surface area contributed by atoms with Gasteiger partial charge in [-0.1, -0.05) is 29.4 Å². The first-order valence-corrected chi connectivity index (χ1v) is 7.98. The Labute approximate surface area is 148 Å². The van der Waals surface area contributed by atoms with E-state index in [1.165, 1.54) is 0 Å². The number of ether oxygens (including phenoxy) is 2. The van der Waals surface area contributed by atoms with Gasteiger partial charge in [0.25, 0.3) is 0 Å². The van der Waals surface area contributed by atoms with E-state index in [0.29, 0.717) is 28.5 Å². The van der Waals surface area contributed by atoms with Crippen LogP contribution in [0.1, 0.15) is 16.1 Å². The van der Waals surface area contributed by atoms with E-state index in [9.17, 15) is 4.79 Å². The average molecular weight is 349 g/mol. The molecule has 0 amide bonds. The van der Waals surface area contributed by atoms with Gasteiger partial charge >= 0.3 is 5.97 Å². The molecule has 0 aliphatic carbocycles. The van der Waals surface area contributed by atoms with Crippen molar-refractivity contribution in [2.45, 2.75) is 6.61 Å². The molecule has 0 spiro atoms. The van der Waals surface area contributed by atoms with Gasteiger partial charge < -0.3 is 18.4 Å². The molecular weight excluding hydrogens is 334 g/mol. The highest BCUT2D eigenvalue weighted by Gasteiger charge is 2.14. The number of benzene rings is 2. The number of aromatic nitrogens is 1. The molecule has 2 aromatic carbocycles.